The van der Waals surface area contributed by atoms with Crippen LogP contribution in [-0.2, 0) is 11.2 Å². The Kier molecular flexibility index (Phi) is 5.45. The van der Waals surface area contributed by atoms with Gasteiger partial charge in [-0.25, -0.2) is 0 Å². The second-order valence-corrected chi connectivity index (χ2v) is 4.02. The van der Waals surface area contributed by atoms with E-state index in [1.165, 1.54) is 0 Å². The van der Waals surface area contributed by atoms with Crippen molar-refractivity contribution in [2.45, 2.75) is 19.4 Å². The number of methoxy groups -OCH3 is 2. The highest BCUT2D eigenvalue weighted by molar-refractivity contribution is 5.79. The first-order chi connectivity index (χ1) is 8.60. The van der Waals surface area contributed by atoms with E-state index in [-0.39, 0.29) is 25.0 Å². The number of aliphatic hydroxyl groups is 1. The number of carbonyl (C=O) groups excluding carboxylic acids is 1. The number of benzene rings is 1. The van der Waals surface area contributed by atoms with E-state index < -0.39 is 0 Å². The second-order valence-electron chi connectivity index (χ2n) is 4.02. The highest BCUT2D eigenvalue weighted by atomic mass is 16.5. The van der Waals surface area contributed by atoms with Gasteiger partial charge in [-0.15, -0.1) is 0 Å². The summed E-state index contributed by atoms with van der Waals surface area (Å²) in [5.74, 6) is 1.09. The molecule has 0 saturated heterocycles. The standard InChI is InChI=1S/C13H19NO4/c1-9(8-15)14-13(16)7-10-4-5-11(17-2)12(6-10)18-3/h4-6,9,15H,7-8H2,1-3H3,(H,14,16). The Morgan fingerprint density at radius 2 is 2.00 bits per heavy atom. The number of aliphatic hydroxyl groups excluding tert-OH is 1. The Morgan fingerprint density at radius 1 is 1.33 bits per heavy atom. The van der Waals surface area contributed by atoms with Crippen LogP contribution in [0, 0.1) is 0 Å². The normalized spacial score (nSPS) is 11.8. The Hall–Kier alpha value is -1.75. The van der Waals surface area contributed by atoms with Crippen molar-refractivity contribution < 1.29 is 19.4 Å². The summed E-state index contributed by atoms with van der Waals surface area (Å²) in [7, 11) is 3.11. The van der Waals surface area contributed by atoms with Crippen LogP contribution in [0.25, 0.3) is 0 Å². The first kappa shape index (κ1) is 14.3. The van der Waals surface area contributed by atoms with Crippen LogP contribution >= 0.6 is 0 Å². The van der Waals surface area contributed by atoms with E-state index in [9.17, 15) is 4.79 Å². The Labute approximate surface area is 107 Å². The molecule has 0 aliphatic carbocycles. The van der Waals surface area contributed by atoms with Gasteiger partial charge in [-0.2, -0.15) is 0 Å². The van der Waals surface area contributed by atoms with Crippen LogP contribution in [0.1, 0.15) is 12.5 Å². The fourth-order valence-corrected chi connectivity index (χ4v) is 1.55. The van der Waals surface area contributed by atoms with Crippen LogP contribution in [0.15, 0.2) is 18.2 Å². The van der Waals surface area contributed by atoms with Gasteiger partial charge in [-0.3, -0.25) is 4.79 Å². The monoisotopic (exact) mass is 253 g/mol. The molecule has 5 heteroatoms. The third-order valence-corrected chi connectivity index (χ3v) is 2.49. The number of rotatable bonds is 6. The number of amides is 1. The lowest BCUT2D eigenvalue weighted by molar-refractivity contribution is -0.121. The summed E-state index contributed by atoms with van der Waals surface area (Å²) in [5.41, 5.74) is 0.829. The molecule has 0 spiro atoms. The Balaban J connectivity index is 2.70. The predicted octanol–water partition coefficient (Wildman–Crippen LogP) is 0.743. The van der Waals surface area contributed by atoms with Gasteiger partial charge in [0.05, 0.1) is 27.2 Å². The third kappa shape index (κ3) is 3.92. The first-order valence-corrected chi connectivity index (χ1v) is 5.71. The zero-order valence-corrected chi connectivity index (χ0v) is 10.9. The summed E-state index contributed by atoms with van der Waals surface area (Å²) in [6.07, 6.45) is 0.241. The molecule has 18 heavy (non-hydrogen) atoms. The van der Waals surface area contributed by atoms with Gasteiger partial charge in [0, 0.05) is 6.04 Å². The van der Waals surface area contributed by atoms with E-state index in [0.29, 0.717) is 11.5 Å². The van der Waals surface area contributed by atoms with E-state index in [4.69, 9.17) is 14.6 Å². The van der Waals surface area contributed by atoms with Crippen molar-refractivity contribution in [3.05, 3.63) is 23.8 Å². The van der Waals surface area contributed by atoms with E-state index in [1.807, 2.05) is 6.07 Å². The molecule has 0 aromatic heterocycles. The second kappa shape index (κ2) is 6.86. The van der Waals surface area contributed by atoms with Gasteiger partial charge >= 0.3 is 0 Å². The van der Waals surface area contributed by atoms with E-state index >= 15 is 0 Å². The van der Waals surface area contributed by atoms with Crippen LogP contribution in [0.5, 0.6) is 11.5 Å². The molecule has 0 aliphatic rings. The van der Waals surface area contributed by atoms with Gasteiger partial charge in [0.25, 0.3) is 0 Å². The molecular formula is C13H19NO4. The van der Waals surface area contributed by atoms with Gasteiger partial charge in [0.15, 0.2) is 11.5 Å². The third-order valence-electron chi connectivity index (χ3n) is 2.49. The van der Waals surface area contributed by atoms with E-state index in [1.54, 1.807) is 33.3 Å². The highest BCUT2D eigenvalue weighted by Gasteiger charge is 2.10. The SMILES string of the molecule is COc1ccc(CC(=O)NC(C)CO)cc1OC. The molecule has 5 nitrogen and oxygen atoms in total. The molecule has 1 atom stereocenters. The minimum Gasteiger partial charge on any atom is -0.493 e. The summed E-state index contributed by atoms with van der Waals surface area (Å²) in [6, 6.07) is 5.10. The number of ether oxygens (including phenoxy) is 2. The summed E-state index contributed by atoms with van der Waals surface area (Å²) in [5, 5.41) is 11.5. The van der Waals surface area contributed by atoms with Gasteiger partial charge in [-0.05, 0) is 24.6 Å². The maximum Gasteiger partial charge on any atom is 0.224 e. The topological polar surface area (TPSA) is 67.8 Å². The molecule has 0 fully saturated rings. The van der Waals surface area contributed by atoms with Crippen LogP contribution in [0.4, 0.5) is 0 Å². The van der Waals surface area contributed by atoms with Crippen molar-refractivity contribution in [2.75, 3.05) is 20.8 Å². The van der Waals surface area contributed by atoms with Crippen molar-refractivity contribution in [1.82, 2.24) is 5.32 Å². The fraction of sp³-hybridized carbons (Fsp3) is 0.462. The van der Waals surface area contributed by atoms with Crippen LogP contribution in [0.2, 0.25) is 0 Å². The lowest BCUT2D eigenvalue weighted by atomic mass is 10.1. The largest absolute Gasteiger partial charge is 0.493 e. The molecule has 0 aliphatic heterocycles. The smallest absolute Gasteiger partial charge is 0.224 e. The van der Waals surface area contributed by atoms with E-state index in [2.05, 4.69) is 5.32 Å². The number of carbonyl (C=O) groups is 1. The number of hydrogen-bond donors (Lipinski definition) is 2. The first-order valence-electron chi connectivity index (χ1n) is 5.71. The minimum atomic E-state index is -0.238. The van der Waals surface area contributed by atoms with Crippen molar-refractivity contribution in [3.63, 3.8) is 0 Å². The molecular weight excluding hydrogens is 234 g/mol. The summed E-state index contributed by atoms with van der Waals surface area (Å²) in [6.45, 7) is 1.67. The maximum atomic E-state index is 11.6. The molecule has 2 N–H and O–H groups in total. The summed E-state index contributed by atoms with van der Waals surface area (Å²) in [4.78, 5) is 11.6. The molecule has 0 radical (unpaired) electrons. The molecule has 1 rings (SSSR count). The predicted molar refractivity (Wildman–Crippen MR) is 67.9 cm³/mol. The van der Waals surface area contributed by atoms with Crippen molar-refractivity contribution in [1.29, 1.82) is 0 Å². The van der Waals surface area contributed by atoms with Crippen molar-refractivity contribution in [3.8, 4) is 11.5 Å². The Morgan fingerprint density at radius 3 is 2.56 bits per heavy atom. The van der Waals surface area contributed by atoms with Gasteiger partial charge in [-0.1, -0.05) is 6.07 Å². The average molecular weight is 253 g/mol. The molecule has 1 aromatic rings. The van der Waals surface area contributed by atoms with Crippen molar-refractivity contribution in [2.24, 2.45) is 0 Å². The average Bonchev–Trinajstić information content (AvgIpc) is 2.38. The summed E-state index contributed by atoms with van der Waals surface area (Å²) >= 11 is 0. The fourth-order valence-electron chi connectivity index (χ4n) is 1.55. The number of nitrogens with one attached hydrogen (secondary N) is 1. The number of hydrogen-bond acceptors (Lipinski definition) is 4. The zero-order valence-electron chi connectivity index (χ0n) is 10.9. The van der Waals surface area contributed by atoms with Crippen LogP contribution < -0.4 is 14.8 Å². The van der Waals surface area contributed by atoms with E-state index in [0.717, 1.165) is 5.56 Å². The molecule has 1 aromatic carbocycles. The molecule has 0 heterocycles. The minimum absolute atomic E-state index is 0.0718. The quantitative estimate of drug-likeness (QED) is 0.785. The molecule has 0 saturated carbocycles. The Bertz CT molecular complexity index is 406. The molecule has 1 unspecified atom stereocenters. The van der Waals surface area contributed by atoms with Gasteiger partial charge < -0.3 is 19.9 Å². The van der Waals surface area contributed by atoms with Gasteiger partial charge in [0.1, 0.15) is 0 Å². The van der Waals surface area contributed by atoms with Crippen LogP contribution in [-0.4, -0.2) is 37.9 Å². The highest BCUT2D eigenvalue weighted by Crippen LogP contribution is 2.27. The lowest BCUT2D eigenvalue weighted by Gasteiger charge is -2.12. The van der Waals surface area contributed by atoms with Crippen LogP contribution in [0.3, 0.4) is 0 Å². The molecule has 0 bridgehead atoms. The summed E-state index contributed by atoms with van der Waals surface area (Å²) < 4.78 is 10.3. The lowest BCUT2D eigenvalue weighted by Crippen LogP contribution is -2.35. The van der Waals surface area contributed by atoms with Crippen molar-refractivity contribution >= 4 is 5.91 Å². The zero-order chi connectivity index (χ0) is 13.5. The maximum absolute atomic E-state index is 11.6. The molecule has 1 amide bonds. The molecule has 100 valence electrons. The van der Waals surface area contributed by atoms with Gasteiger partial charge in [0.2, 0.25) is 5.91 Å².